The van der Waals surface area contributed by atoms with Gasteiger partial charge in [0.05, 0.1) is 6.61 Å². The third kappa shape index (κ3) is 2.55. The SMILES string of the molecule is Cc1c(OCC(C)C)ccnc1C=O. The molecular formula is C11H15NO2. The molecule has 1 rings (SSSR count). The highest BCUT2D eigenvalue weighted by atomic mass is 16.5. The van der Waals surface area contributed by atoms with Gasteiger partial charge >= 0.3 is 0 Å². The van der Waals surface area contributed by atoms with Crippen molar-refractivity contribution >= 4 is 6.29 Å². The second-order valence-electron chi connectivity index (χ2n) is 3.64. The lowest BCUT2D eigenvalue weighted by molar-refractivity contribution is 0.111. The molecule has 0 bridgehead atoms. The van der Waals surface area contributed by atoms with Gasteiger partial charge in [0.25, 0.3) is 0 Å². The Hall–Kier alpha value is -1.38. The van der Waals surface area contributed by atoms with Gasteiger partial charge in [0, 0.05) is 11.8 Å². The number of rotatable bonds is 4. The van der Waals surface area contributed by atoms with E-state index in [2.05, 4.69) is 18.8 Å². The number of carbonyl (C=O) groups excluding carboxylic acids is 1. The van der Waals surface area contributed by atoms with Gasteiger partial charge in [0.1, 0.15) is 11.4 Å². The molecule has 0 aliphatic heterocycles. The number of hydrogen-bond donors (Lipinski definition) is 0. The van der Waals surface area contributed by atoms with E-state index in [0.29, 0.717) is 18.2 Å². The molecule has 0 saturated heterocycles. The zero-order valence-corrected chi connectivity index (χ0v) is 8.78. The smallest absolute Gasteiger partial charge is 0.168 e. The van der Waals surface area contributed by atoms with Crippen LogP contribution in [0.4, 0.5) is 0 Å². The maximum absolute atomic E-state index is 10.6. The summed E-state index contributed by atoms with van der Waals surface area (Å²) < 4.78 is 5.54. The highest BCUT2D eigenvalue weighted by Crippen LogP contribution is 2.18. The van der Waals surface area contributed by atoms with Gasteiger partial charge in [0.2, 0.25) is 0 Å². The van der Waals surface area contributed by atoms with Crippen molar-refractivity contribution < 1.29 is 9.53 Å². The average molecular weight is 193 g/mol. The van der Waals surface area contributed by atoms with Crippen molar-refractivity contribution in [2.75, 3.05) is 6.61 Å². The van der Waals surface area contributed by atoms with Gasteiger partial charge in [0.15, 0.2) is 6.29 Å². The molecule has 0 saturated carbocycles. The third-order valence-corrected chi connectivity index (χ3v) is 1.88. The highest BCUT2D eigenvalue weighted by Gasteiger charge is 2.05. The number of carbonyl (C=O) groups is 1. The summed E-state index contributed by atoms with van der Waals surface area (Å²) in [5.74, 6) is 1.22. The molecule has 1 aromatic rings. The number of ether oxygens (including phenoxy) is 1. The van der Waals surface area contributed by atoms with E-state index in [9.17, 15) is 4.79 Å². The lowest BCUT2D eigenvalue weighted by atomic mass is 10.2. The van der Waals surface area contributed by atoms with E-state index < -0.39 is 0 Å². The molecule has 0 unspecified atom stereocenters. The summed E-state index contributed by atoms with van der Waals surface area (Å²) in [6.45, 7) is 6.66. The minimum atomic E-state index is 0.450. The van der Waals surface area contributed by atoms with Crippen LogP contribution in [0, 0.1) is 12.8 Å². The molecular weight excluding hydrogens is 178 g/mol. The van der Waals surface area contributed by atoms with Gasteiger partial charge in [-0.25, -0.2) is 0 Å². The molecule has 1 aromatic heterocycles. The quantitative estimate of drug-likeness (QED) is 0.688. The normalized spacial score (nSPS) is 10.3. The summed E-state index contributed by atoms with van der Waals surface area (Å²) in [7, 11) is 0. The molecule has 0 fully saturated rings. The molecule has 0 spiro atoms. The predicted molar refractivity (Wildman–Crippen MR) is 54.7 cm³/mol. The highest BCUT2D eigenvalue weighted by molar-refractivity contribution is 5.75. The Bertz CT molecular complexity index is 321. The largest absolute Gasteiger partial charge is 0.493 e. The molecule has 0 aromatic carbocycles. The first kappa shape index (κ1) is 10.7. The van der Waals surface area contributed by atoms with Crippen LogP contribution >= 0.6 is 0 Å². The third-order valence-electron chi connectivity index (χ3n) is 1.88. The minimum absolute atomic E-state index is 0.450. The van der Waals surface area contributed by atoms with E-state index in [1.165, 1.54) is 0 Å². The van der Waals surface area contributed by atoms with Gasteiger partial charge in [-0.1, -0.05) is 13.8 Å². The van der Waals surface area contributed by atoms with Gasteiger partial charge < -0.3 is 4.74 Å². The molecule has 0 N–H and O–H groups in total. The lowest BCUT2D eigenvalue weighted by Gasteiger charge is -2.11. The zero-order chi connectivity index (χ0) is 10.6. The van der Waals surface area contributed by atoms with Crippen molar-refractivity contribution in [3.63, 3.8) is 0 Å². The number of aromatic nitrogens is 1. The summed E-state index contributed by atoms with van der Waals surface area (Å²) in [6, 6.07) is 1.78. The van der Waals surface area contributed by atoms with Crippen LogP contribution in [-0.2, 0) is 0 Å². The van der Waals surface area contributed by atoms with Crippen LogP contribution < -0.4 is 4.74 Å². The lowest BCUT2D eigenvalue weighted by Crippen LogP contribution is -2.06. The van der Waals surface area contributed by atoms with E-state index in [1.807, 2.05) is 6.92 Å². The molecule has 0 aliphatic carbocycles. The molecule has 0 atom stereocenters. The van der Waals surface area contributed by atoms with Crippen LogP contribution in [0.1, 0.15) is 29.9 Å². The van der Waals surface area contributed by atoms with E-state index in [0.717, 1.165) is 17.6 Å². The first-order valence-electron chi connectivity index (χ1n) is 4.68. The fourth-order valence-corrected chi connectivity index (χ4v) is 1.06. The molecule has 0 aliphatic rings. The molecule has 0 amide bonds. The van der Waals surface area contributed by atoms with Crippen molar-refractivity contribution in [1.82, 2.24) is 4.98 Å². The van der Waals surface area contributed by atoms with Crippen molar-refractivity contribution in [2.24, 2.45) is 5.92 Å². The second kappa shape index (κ2) is 4.74. The van der Waals surface area contributed by atoms with Gasteiger partial charge in [-0.3, -0.25) is 9.78 Å². The summed E-state index contributed by atoms with van der Waals surface area (Å²) in [5, 5.41) is 0. The summed E-state index contributed by atoms with van der Waals surface area (Å²) in [4.78, 5) is 14.5. The minimum Gasteiger partial charge on any atom is -0.493 e. The number of pyridine rings is 1. The van der Waals surface area contributed by atoms with Crippen molar-refractivity contribution in [3.8, 4) is 5.75 Å². The Morgan fingerprint density at radius 2 is 2.29 bits per heavy atom. The molecule has 3 nitrogen and oxygen atoms in total. The van der Waals surface area contributed by atoms with Gasteiger partial charge in [-0.2, -0.15) is 0 Å². The number of aldehydes is 1. The maximum atomic E-state index is 10.6. The van der Waals surface area contributed by atoms with E-state index in [-0.39, 0.29) is 0 Å². The zero-order valence-electron chi connectivity index (χ0n) is 8.78. The first-order valence-corrected chi connectivity index (χ1v) is 4.68. The standard InChI is InChI=1S/C11H15NO2/c1-8(2)7-14-11-4-5-12-10(6-13)9(11)3/h4-6,8H,7H2,1-3H3. The van der Waals surface area contributed by atoms with Crippen LogP contribution in [0.5, 0.6) is 5.75 Å². The fraction of sp³-hybridized carbons (Fsp3) is 0.455. The second-order valence-corrected chi connectivity index (χ2v) is 3.64. The fourth-order valence-electron chi connectivity index (χ4n) is 1.06. The van der Waals surface area contributed by atoms with E-state index in [4.69, 9.17) is 4.74 Å². The van der Waals surface area contributed by atoms with Gasteiger partial charge in [-0.15, -0.1) is 0 Å². The van der Waals surface area contributed by atoms with Gasteiger partial charge in [-0.05, 0) is 18.9 Å². The number of hydrogen-bond acceptors (Lipinski definition) is 3. The molecule has 76 valence electrons. The Kier molecular flexibility index (Phi) is 3.63. The van der Waals surface area contributed by atoms with Crippen molar-refractivity contribution in [2.45, 2.75) is 20.8 Å². The topological polar surface area (TPSA) is 39.2 Å². The summed E-state index contributed by atoms with van der Waals surface area (Å²) >= 11 is 0. The Labute approximate surface area is 84.1 Å². The number of nitrogens with zero attached hydrogens (tertiary/aromatic N) is 1. The molecule has 0 radical (unpaired) electrons. The van der Waals surface area contributed by atoms with E-state index >= 15 is 0 Å². The Morgan fingerprint density at radius 3 is 2.86 bits per heavy atom. The first-order chi connectivity index (χ1) is 6.65. The molecule has 1 heterocycles. The van der Waals surface area contributed by atoms with Crippen LogP contribution in [0.25, 0.3) is 0 Å². The maximum Gasteiger partial charge on any atom is 0.168 e. The monoisotopic (exact) mass is 193 g/mol. The van der Waals surface area contributed by atoms with Crippen molar-refractivity contribution in [1.29, 1.82) is 0 Å². The van der Waals surface area contributed by atoms with Crippen molar-refractivity contribution in [3.05, 3.63) is 23.5 Å². The average Bonchev–Trinajstić information content (AvgIpc) is 2.16. The van der Waals surface area contributed by atoms with Crippen LogP contribution in [-0.4, -0.2) is 17.9 Å². The summed E-state index contributed by atoms with van der Waals surface area (Å²) in [5.41, 5.74) is 1.26. The molecule has 14 heavy (non-hydrogen) atoms. The van der Waals surface area contributed by atoms with Crippen LogP contribution in [0.15, 0.2) is 12.3 Å². The van der Waals surface area contributed by atoms with E-state index in [1.54, 1.807) is 12.3 Å². The summed E-state index contributed by atoms with van der Waals surface area (Å²) in [6.07, 6.45) is 2.34. The van der Waals surface area contributed by atoms with Crippen LogP contribution in [0.2, 0.25) is 0 Å². The Morgan fingerprint density at radius 1 is 1.57 bits per heavy atom. The molecule has 3 heteroatoms. The van der Waals surface area contributed by atoms with Crippen LogP contribution in [0.3, 0.4) is 0 Å². The predicted octanol–water partition coefficient (Wildman–Crippen LogP) is 2.24. The Balaban J connectivity index is 2.81.